The number of thiophene rings is 1. The summed E-state index contributed by atoms with van der Waals surface area (Å²) < 4.78 is 38.3. The molecule has 7 heteroatoms. The monoisotopic (exact) mass is 313 g/mol. The maximum Gasteiger partial charge on any atom is 0.418 e. The van der Waals surface area contributed by atoms with Gasteiger partial charge in [-0.1, -0.05) is 6.07 Å². The van der Waals surface area contributed by atoms with E-state index in [0.29, 0.717) is 4.88 Å². The molecule has 0 fully saturated rings. The van der Waals surface area contributed by atoms with E-state index in [1.54, 1.807) is 17.5 Å². The van der Waals surface area contributed by atoms with Crippen LogP contribution in [0.3, 0.4) is 0 Å². The number of Topliss-reactive ketones (excluding diaryl/α,β-unsaturated/α-hetero) is 2. The molecule has 0 aromatic carbocycles. The second-order valence-electron chi connectivity index (χ2n) is 4.22. The number of rotatable bonds is 5. The molecular weight excluding hydrogens is 303 g/mol. The molecule has 0 aliphatic heterocycles. The number of hydrogen-bond donors (Lipinski definition) is 0. The molecule has 2 aromatic rings. The predicted octanol–water partition coefficient (Wildman–Crippen LogP) is 4.01. The highest BCUT2D eigenvalue weighted by Crippen LogP contribution is 2.31. The standard InChI is InChI=1S/C14H10F3NO2S/c15-14(16,17)9-3-1-7-18-13(9)11(20)6-5-10(19)12-4-2-8-21-12/h1-4,7-8H,5-6H2. The lowest BCUT2D eigenvalue weighted by Gasteiger charge is -2.10. The van der Waals surface area contributed by atoms with E-state index in [1.165, 1.54) is 11.3 Å². The van der Waals surface area contributed by atoms with E-state index in [-0.39, 0.29) is 18.6 Å². The molecule has 0 aliphatic rings. The number of alkyl halides is 3. The van der Waals surface area contributed by atoms with Gasteiger partial charge in [-0.3, -0.25) is 14.6 Å². The molecule has 0 aliphatic carbocycles. The Bertz CT molecular complexity index is 650. The smallest absolute Gasteiger partial charge is 0.293 e. The zero-order valence-corrected chi connectivity index (χ0v) is 11.5. The quantitative estimate of drug-likeness (QED) is 0.784. The summed E-state index contributed by atoms with van der Waals surface area (Å²) in [5.41, 5.74) is -1.71. The zero-order valence-electron chi connectivity index (χ0n) is 10.7. The minimum atomic E-state index is -4.64. The van der Waals surface area contributed by atoms with Gasteiger partial charge in [0.05, 0.1) is 10.4 Å². The Labute approximate surface area is 122 Å². The lowest BCUT2D eigenvalue weighted by atomic mass is 10.0. The highest BCUT2D eigenvalue weighted by Gasteiger charge is 2.35. The van der Waals surface area contributed by atoms with Crippen LogP contribution in [0.4, 0.5) is 13.2 Å². The Morgan fingerprint density at radius 3 is 2.43 bits per heavy atom. The van der Waals surface area contributed by atoms with Crippen LogP contribution in [0, 0.1) is 0 Å². The lowest BCUT2D eigenvalue weighted by molar-refractivity contribution is -0.138. The van der Waals surface area contributed by atoms with Crippen molar-refractivity contribution in [2.45, 2.75) is 19.0 Å². The SMILES string of the molecule is O=C(CCC(=O)c1ncccc1C(F)(F)F)c1cccs1. The Balaban J connectivity index is 2.09. The topological polar surface area (TPSA) is 47.0 Å². The van der Waals surface area contributed by atoms with Crippen LogP contribution in [0.5, 0.6) is 0 Å². The molecule has 0 amide bonds. The van der Waals surface area contributed by atoms with Crippen molar-refractivity contribution in [1.82, 2.24) is 4.98 Å². The van der Waals surface area contributed by atoms with E-state index in [1.807, 2.05) is 0 Å². The fraction of sp³-hybridized carbons (Fsp3) is 0.214. The largest absolute Gasteiger partial charge is 0.418 e. The number of halogens is 3. The first-order chi connectivity index (χ1) is 9.89. The van der Waals surface area contributed by atoms with Gasteiger partial charge in [-0.05, 0) is 23.6 Å². The average Bonchev–Trinajstić information content (AvgIpc) is 2.97. The molecule has 110 valence electrons. The summed E-state index contributed by atoms with van der Waals surface area (Å²) in [4.78, 5) is 27.6. The fourth-order valence-electron chi connectivity index (χ4n) is 1.76. The van der Waals surface area contributed by atoms with E-state index in [2.05, 4.69) is 4.98 Å². The molecule has 0 unspecified atom stereocenters. The lowest BCUT2D eigenvalue weighted by Crippen LogP contribution is -2.15. The van der Waals surface area contributed by atoms with Crippen molar-refractivity contribution in [1.29, 1.82) is 0 Å². The predicted molar refractivity (Wildman–Crippen MR) is 71.5 cm³/mol. The third-order valence-corrected chi connectivity index (χ3v) is 3.66. The van der Waals surface area contributed by atoms with Gasteiger partial charge in [0, 0.05) is 19.0 Å². The molecule has 0 N–H and O–H groups in total. The normalized spacial score (nSPS) is 11.4. The van der Waals surface area contributed by atoms with Gasteiger partial charge in [0.2, 0.25) is 0 Å². The molecule has 0 radical (unpaired) electrons. The van der Waals surface area contributed by atoms with Crippen molar-refractivity contribution in [2.75, 3.05) is 0 Å². The van der Waals surface area contributed by atoms with Crippen LogP contribution in [0.15, 0.2) is 35.8 Å². The van der Waals surface area contributed by atoms with Gasteiger partial charge in [-0.2, -0.15) is 13.2 Å². The second-order valence-corrected chi connectivity index (χ2v) is 5.17. The van der Waals surface area contributed by atoms with E-state index in [4.69, 9.17) is 0 Å². The number of ketones is 2. The molecule has 2 heterocycles. The summed E-state index contributed by atoms with van der Waals surface area (Å²) in [6, 6.07) is 5.23. The number of hydrogen-bond acceptors (Lipinski definition) is 4. The molecule has 0 saturated carbocycles. The van der Waals surface area contributed by atoms with Crippen molar-refractivity contribution >= 4 is 22.9 Å². The van der Waals surface area contributed by atoms with Crippen LogP contribution >= 0.6 is 11.3 Å². The van der Waals surface area contributed by atoms with Crippen molar-refractivity contribution < 1.29 is 22.8 Å². The van der Waals surface area contributed by atoms with E-state index in [9.17, 15) is 22.8 Å². The van der Waals surface area contributed by atoms with Crippen LogP contribution in [0.25, 0.3) is 0 Å². The maximum absolute atomic E-state index is 12.8. The van der Waals surface area contributed by atoms with Crippen LogP contribution in [-0.2, 0) is 6.18 Å². The van der Waals surface area contributed by atoms with Gasteiger partial charge in [0.1, 0.15) is 5.69 Å². The summed E-state index contributed by atoms with van der Waals surface area (Å²) >= 11 is 1.23. The number of pyridine rings is 1. The highest BCUT2D eigenvalue weighted by molar-refractivity contribution is 7.12. The minimum Gasteiger partial charge on any atom is -0.293 e. The average molecular weight is 313 g/mol. The van der Waals surface area contributed by atoms with Crippen LogP contribution < -0.4 is 0 Å². The first-order valence-electron chi connectivity index (χ1n) is 6.01. The first kappa shape index (κ1) is 15.4. The summed E-state index contributed by atoms with van der Waals surface area (Å²) in [5.74, 6) is -1.05. The molecule has 2 rings (SSSR count). The summed E-state index contributed by atoms with van der Waals surface area (Å²) in [6.45, 7) is 0. The van der Waals surface area contributed by atoms with Gasteiger partial charge >= 0.3 is 6.18 Å². The Morgan fingerprint density at radius 1 is 1.10 bits per heavy atom. The zero-order chi connectivity index (χ0) is 15.5. The van der Waals surface area contributed by atoms with E-state index < -0.39 is 23.2 Å². The van der Waals surface area contributed by atoms with Gasteiger partial charge in [0.15, 0.2) is 11.6 Å². The summed E-state index contributed by atoms with van der Waals surface area (Å²) in [6.07, 6.45) is -3.94. The molecule has 0 spiro atoms. The van der Waals surface area contributed by atoms with Crippen molar-refractivity contribution in [3.05, 3.63) is 52.0 Å². The molecule has 0 saturated heterocycles. The molecular formula is C14H10F3NO2S. The summed E-state index contributed by atoms with van der Waals surface area (Å²) in [7, 11) is 0. The van der Waals surface area contributed by atoms with Gasteiger partial charge in [0.25, 0.3) is 0 Å². The summed E-state index contributed by atoms with van der Waals surface area (Å²) in [5, 5.41) is 1.72. The third-order valence-electron chi connectivity index (χ3n) is 2.75. The van der Waals surface area contributed by atoms with Crippen LogP contribution in [0.2, 0.25) is 0 Å². The minimum absolute atomic E-state index is 0.132. The van der Waals surface area contributed by atoms with Crippen LogP contribution in [-0.4, -0.2) is 16.6 Å². The van der Waals surface area contributed by atoms with Gasteiger partial charge < -0.3 is 0 Å². The van der Waals surface area contributed by atoms with E-state index >= 15 is 0 Å². The van der Waals surface area contributed by atoms with Gasteiger partial charge in [-0.15, -0.1) is 11.3 Å². The van der Waals surface area contributed by atoms with E-state index in [0.717, 1.165) is 18.3 Å². The van der Waals surface area contributed by atoms with Crippen molar-refractivity contribution in [3.63, 3.8) is 0 Å². The number of aromatic nitrogens is 1. The number of carbonyl (C=O) groups excluding carboxylic acids is 2. The van der Waals surface area contributed by atoms with Gasteiger partial charge in [-0.25, -0.2) is 0 Å². The Morgan fingerprint density at radius 2 is 1.81 bits per heavy atom. The van der Waals surface area contributed by atoms with Crippen molar-refractivity contribution in [3.8, 4) is 0 Å². The molecule has 21 heavy (non-hydrogen) atoms. The Hall–Kier alpha value is -2.02. The molecule has 2 aromatic heterocycles. The van der Waals surface area contributed by atoms with Crippen LogP contribution in [0.1, 0.15) is 38.6 Å². The molecule has 0 atom stereocenters. The Kier molecular flexibility index (Phi) is 4.52. The third kappa shape index (κ3) is 3.75. The molecule has 0 bridgehead atoms. The molecule has 3 nitrogen and oxygen atoms in total. The maximum atomic E-state index is 12.8. The second kappa shape index (κ2) is 6.17. The number of carbonyl (C=O) groups is 2. The number of nitrogens with zero attached hydrogens (tertiary/aromatic N) is 1. The van der Waals surface area contributed by atoms with Crippen molar-refractivity contribution in [2.24, 2.45) is 0 Å². The highest BCUT2D eigenvalue weighted by atomic mass is 32.1. The first-order valence-corrected chi connectivity index (χ1v) is 6.89. The fourth-order valence-corrected chi connectivity index (χ4v) is 2.46.